The topological polar surface area (TPSA) is 244 Å². The zero-order valence-corrected chi connectivity index (χ0v) is 24.0. The van der Waals surface area contributed by atoms with Crippen molar-refractivity contribution in [3.63, 3.8) is 0 Å². The van der Waals surface area contributed by atoms with Gasteiger partial charge in [-0.15, -0.1) is 0 Å². The van der Waals surface area contributed by atoms with Gasteiger partial charge in [0, 0.05) is 17.7 Å². The summed E-state index contributed by atoms with van der Waals surface area (Å²) in [6.07, 6.45) is -17.6. The Morgan fingerprint density at radius 1 is 0.844 bits per heavy atom. The molecular weight excluding hydrogens is 604 g/mol. The fourth-order valence-corrected chi connectivity index (χ4v) is 5.13. The summed E-state index contributed by atoms with van der Waals surface area (Å²) < 4.78 is 38.1. The van der Waals surface area contributed by atoms with Crippen LogP contribution in [0.3, 0.4) is 0 Å². The Balaban J connectivity index is 1.45. The van der Waals surface area contributed by atoms with Crippen LogP contribution in [0, 0.1) is 0 Å². The van der Waals surface area contributed by atoms with Gasteiger partial charge in [-0.3, -0.25) is 4.79 Å². The average Bonchev–Trinajstić information content (AvgIpc) is 3.01. The number of hydrogen-bond acceptors (Lipinski definition) is 15. The number of aliphatic carboxylic acids is 1. The van der Waals surface area contributed by atoms with E-state index in [1.807, 2.05) is 0 Å². The molecule has 1 aromatic heterocycles. The molecule has 0 unspecified atom stereocenters. The molecule has 2 saturated heterocycles. The summed E-state index contributed by atoms with van der Waals surface area (Å²) in [7, 11) is 2.65. The van der Waals surface area contributed by atoms with Crippen LogP contribution in [0.5, 0.6) is 23.0 Å². The number of methoxy groups -OCH3 is 2. The Morgan fingerprint density at radius 2 is 1.51 bits per heavy atom. The highest BCUT2D eigenvalue weighted by Crippen LogP contribution is 2.43. The van der Waals surface area contributed by atoms with Gasteiger partial charge >= 0.3 is 5.97 Å². The van der Waals surface area contributed by atoms with Crippen molar-refractivity contribution in [1.82, 2.24) is 0 Å². The third-order valence-electron chi connectivity index (χ3n) is 7.62. The molecule has 45 heavy (non-hydrogen) atoms. The van der Waals surface area contributed by atoms with Crippen LogP contribution in [-0.2, 0) is 19.0 Å². The van der Waals surface area contributed by atoms with Crippen LogP contribution < -0.4 is 19.6 Å². The van der Waals surface area contributed by atoms with E-state index in [1.54, 1.807) is 24.3 Å². The fraction of sp³-hybridized carbons (Fsp3) is 0.448. The quantitative estimate of drug-likeness (QED) is 0.162. The SMILES string of the molecule is COc1ccc(-c2cc(=O)c3c(O)c(OC)c(O[C@@H]4O[C@H](C(=O)O)[C@@H](O[C@@H]5O[C@@H](C)[C@H](O)[C@@H](O)[C@H]5O)[C@H](O)[C@H]4O)cc3o2)cc1. The summed E-state index contributed by atoms with van der Waals surface area (Å²) in [6, 6.07) is 8.90. The maximum Gasteiger partial charge on any atom is 0.335 e. The van der Waals surface area contributed by atoms with Gasteiger partial charge in [0.15, 0.2) is 29.3 Å². The minimum atomic E-state index is -2.03. The second kappa shape index (κ2) is 12.8. The zero-order chi connectivity index (χ0) is 32.7. The standard InChI is InChI=1S/C29H32O16/c1-10-18(31)20(33)22(35)28(41-10)44-25-21(34)23(36)29(45-26(25)27(37)38)43-16-9-15-17(19(32)24(16)40-3)13(30)8-14(42-15)11-4-6-12(39-2)7-5-11/h4-10,18,20-23,25-26,28-29,31-36H,1-3H3,(H,37,38)/t10-,18-,20+,21+,22+,23+,25-,26-,28-,29+/m0/s1. The summed E-state index contributed by atoms with van der Waals surface area (Å²) in [5, 5.41) is 72.6. The Labute approximate surface area is 254 Å². The number of carbonyl (C=O) groups is 1. The number of hydrogen-bond donors (Lipinski definition) is 7. The molecule has 3 heterocycles. The molecule has 2 aliphatic heterocycles. The van der Waals surface area contributed by atoms with Crippen LogP contribution >= 0.6 is 0 Å². The number of fused-ring (bicyclic) bond motifs is 1. The highest BCUT2D eigenvalue weighted by molar-refractivity contribution is 5.89. The third kappa shape index (κ3) is 6.01. The van der Waals surface area contributed by atoms with E-state index in [0.29, 0.717) is 11.3 Å². The van der Waals surface area contributed by atoms with Gasteiger partial charge in [0.1, 0.15) is 59.1 Å². The first-order valence-corrected chi connectivity index (χ1v) is 13.6. The second-order valence-electron chi connectivity index (χ2n) is 10.5. The summed E-state index contributed by atoms with van der Waals surface area (Å²) in [6.45, 7) is 1.37. The Kier molecular flexibility index (Phi) is 9.20. The van der Waals surface area contributed by atoms with Crippen molar-refractivity contribution < 1.29 is 73.4 Å². The van der Waals surface area contributed by atoms with Gasteiger partial charge < -0.3 is 68.6 Å². The molecule has 0 spiro atoms. The molecule has 16 nitrogen and oxygen atoms in total. The highest BCUT2D eigenvalue weighted by Gasteiger charge is 2.53. The number of aliphatic hydroxyl groups is 5. The number of phenolic OH excluding ortho intramolecular Hbond substituents is 1. The van der Waals surface area contributed by atoms with Crippen molar-refractivity contribution in [3.8, 4) is 34.3 Å². The van der Waals surface area contributed by atoms with E-state index in [4.69, 9.17) is 32.8 Å². The van der Waals surface area contributed by atoms with Gasteiger partial charge in [-0.25, -0.2) is 4.79 Å². The third-order valence-corrected chi connectivity index (χ3v) is 7.62. The summed E-state index contributed by atoms with van der Waals surface area (Å²) in [5.74, 6) is -2.40. The smallest absolute Gasteiger partial charge is 0.335 e. The Hall–Kier alpha value is -4.00. The molecule has 7 N–H and O–H groups in total. The van der Waals surface area contributed by atoms with Crippen LogP contribution in [-0.4, -0.2) is 117 Å². The van der Waals surface area contributed by atoms with Crippen molar-refractivity contribution in [1.29, 1.82) is 0 Å². The van der Waals surface area contributed by atoms with Gasteiger partial charge in [0.25, 0.3) is 0 Å². The van der Waals surface area contributed by atoms with Crippen molar-refractivity contribution in [2.75, 3.05) is 14.2 Å². The maximum atomic E-state index is 13.0. The number of ether oxygens (including phenoxy) is 6. The lowest BCUT2D eigenvalue weighted by Gasteiger charge is -2.45. The summed E-state index contributed by atoms with van der Waals surface area (Å²) in [4.78, 5) is 25.2. The van der Waals surface area contributed by atoms with E-state index in [9.17, 15) is 45.3 Å². The first kappa shape index (κ1) is 32.4. The monoisotopic (exact) mass is 636 g/mol. The first-order valence-electron chi connectivity index (χ1n) is 13.6. The zero-order valence-electron chi connectivity index (χ0n) is 24.0. The van der Waals surface area contributed by atoms with E-state index in [1.165, 1.54) is 20.1 Å². The van der Waals surface area contributed by atoms with Crippen LogP contribution in [0.15, 0.2) is 45.6 Å². The molecule has 2 aromatic carbocycles. The van der Waals surface area contributed by atoms with E-state index in [0.717, 1.165) is 13.2 Å². The number of aliphatic hydroxyl groups excluding tert-OH is 5. The molecule has 244 valence electrons. The molecule has 2 fully saturated rings. The molecule has 10 atom stereocenters. The molecule has 0 saturated carbocycles. The van der Waals surface area contributed by atoms with E-state index in [-0.39, 0.29) is 28.2 Å². The number of carboxylic acid groups (broad SMARTS) is 1. The lowest BCUT2D eigenvalue weighted by molar-refractivity contribution is -0.344. The average molecular weight is 637 g/mol. The molecule has 3 aromatic rings. The second-order valence-corrected chi connectivity index (χ2v) is 10.5. The molecule has 0 radical (unpaired) electrons. The van der Waals surface area contributed by atoms with Gasteiger partial charge in [-0.05, 0) is 31.2 Å². The van der Waals surface area contributed by atoms with Crippen LogP contribution in [0.25, 0.3) is 22.3 Å². The predicted molar refractivity (Wildman–Crippen MR) is 149 cm³/mol. The number of rotatable bonds is 8. The van der Waals surface area contributed by atoms with Crippen molar-refractivity contribution >= 4 is 16.9 Å². The van der Waals surface area contributed by atoms with Crippen molar-refractivity contribution in [2.45, 2.75) is 68.3 Å². The molecule has 0 bridgehead atoms. The predicted octanol–water partition coefficient (Wildman–Crippen LogP) is -0.694. The highest BCUT2D eigenvalue weighted by atomic mass is 16.7. The number of aromatic hydroxyl groups is 1. The molecule has 2 aliphatic rings. The molecule has 16 heteroatoms. The summed E-state index contributed by atoms with van der Waals surface area (Å²) in [5.41, 5.74) is -0.291. The van der Waals surface area contributed by atoms with Gasteiger partial charge in [-0.2, -0.15) is 0 Å². The molecular formula is C29H32O16. The number of phenols is 1. The maximum absolute atomic E-state index is 13.0. The Bertz CT molecular complexity index is 1590. The lowest BCUT2D eigenvalue weighted by Crippen LogP contribution is -2.65. The minimum absolute atomic E-state index is 0.125. The first-order chi connectivity index (χ1) is 21.4. The van der Waals surface area contributed by atoms with Gasteiger partial charge in [0.05, 0.1) is 20.3 Å². The van der Waals surface area contributed by atoms with Gasteiger partial charge in [-0.1, -0.05) is 0 Å². The van der Waals surface area contributed by atoms with Gasteiger partial charge in [0.2, 0.25) is 12.0 Å². The van der Waals surface area contributed by atoms with Crippen molar-refractivity contribution in [2.24, 2.45) is 0 Å². The lowest BCUT2D eigenvalue weighted by atomic mass is 9.97. The number of benzene rings is 2. The summed E-state index contributed by atoms with van der Waals surface area (Å²) >= 11 is 0. The molecule has 0 aliphatic carbocycles. The normalized spacial score (nSPS) is 31.8. The van der Waals surface area contributed by atoms with E-state index >= 15 is 0 Å². The molecule has 5 rings (SSSR count). The minimum Gasteiger partial charge on any atom is -0.504 e. The van der Waals surface area contributed by atoms with E-state index < -0.39 is 78.6 Å². The van der Waals surface area contributed by atoms with Crippen LogP contribution in [0.1, 0.15) is 6.92 Å². The Morgan fingerprint density at radius 3 is 2.13 bits per heavy atom. The molecule has 0 amide bonds. The van der Waals surface area contributed by atoms with Crippen LogP contribution in [0.4, 0.5) is 0 Å². The van der Waals surface area contributed by atoms with E-state index in [2.05, 4.69) is 0 Å². The fourth-order valence-electron chi connectivity index (χ4n) is 5.13. The van der Waals surface area contributed by atoms with Crippen molar-refractivity contribution in [3.05, 3.63) is 46.6 Å². The number of carboxylic acids is 1. The largest absolute Gasteiger partial charge is 0.504 e. The van der Waals surface area contributed by atoms with Crippen LogP contribution in [0.2, 0.25) is 0 Å².